The fraction of sp³-hybridized carbons (Fsp3) is 0.750. The zero-order valence-electron chi connectivity index (χ0n) is 13.5. The van der Waals surface area contributed by atoms with Crippen molar-refractivity contribution in [2.75, 3.05) is 19.6 Å². The first kappa shape index (κ1) is 17.7. The van der Waals surface area contributed by atoms with Crippen LogP contribution in [0, 0.1) is 0 Å². The third-order valence-electron chi connectivity index (χ3n) is 4.47. The predicted octanol–water partition coefficient (Wildman–Crippen LogP) is 4.59. The minimum absolute atomic E-state index is 0.0832. The molecule has 1 rings (SSSR count). The number of likely N-dealkylation sites (N-methyl/N-ethyl adjacent to an activating group) is 2. The first-order chi connectivity index (χ1) is 9.61. The molecular weight excluding hydrogens is 316 g/mol. The third kappa shape index (κ3) is 3.29. The van der Waals surface area contributed by atoms with Gasteiger partial charge < -0.3 is 9.73 Å². The van der Waals surface area contributed by atoms with Crippen LogP contribution in [0.3, 0.4) is 0 Å². The van der Waals surface area contributed by atoms with Crippen LogP contribution in [-0.4, -0.2) is 30.1 Å². The maximum atomic E-state index is 5.79. The SMILES string of the molecule is CCNC(c1occc1Br)C(CC)(CC)N(CC)CC. The van der Waals surface area contributed by atoms with Crippen LogP contribution in [0.4, 0.5) is 0 Å². The molecule has 1 N–H and O–H groups in total. The highest BCUT2D eigenvalue weighted by atomic mass is 79.9. The van der Waals surface area contributed by atoms with E-state index in [0.717, 1.165) is 42.7 Å². The fourth-order valence-electron chi connectivity index (χ4n) is 3.38. The van der Waals surface area contributed by atoms with Gasteiger partial charge in [-0.1, -0.05) is 34.6 Å². The van der Waals surface area contributed by atoms with Crippen molar-refractivity contribution in [2.45, 2.75) is 59.0 Å². The molecule has 0 saturated carbocycles. The molecule has 1 aromatic heterocycles. The molecule has 0 aliphatic heterocycles. The van der Waals surface area contributed by atoms with E-state index >= 15 is 0 Å². The second-order valence-electron chi connectivity index (χ2n) is 5.11. The summed E-state index contributed by atoms with van der Waals surface area (Å²) in [5.74, 6) is 1.02. The number of hydrogen-bond donors (Lipinski definition) is 1. The molecule has 0 aliphatic rings. The van der Waals surface area contributed by atoms with E-state index < -0.39 is 0 Å². The summed E-state index contributed by atoms with van der Waals surface area (Å²) in [6.07, 6.45) is 3.95. The molecule has 1 heterocycles. The van der Waals surface area contributed by atoms with Crippen LogP contribution in [0.5, 0.6) is 0 Å². The quantitative estimate of drug-likeness (QED) is 0.709. The van der Waals surface area contributed by atoms with Crippen LogP contribution in [-0.2, 0) is 0 Å². The Hall–Kier alpha value is -0.320. The average molecular weight is 345 g/mol. The number of halogens is 1. The topological polar surface area (TPSA) is 28.4 Å². The minimum atomic E-state index is 0.0832. The molecule has 0 aliphatic carbocycles. The number of nitrogens with one attached hydrogen (secondary N) is 1. The molecule has 4 heteroatoms. The van der Waals surface area contributed by atoms with E-state index in [1.807, 2.05) is 6.07 Å². The highest BCUT2D eigenvalue weighted by molar-refractivity contribution is 9.10. The van der Waals surface area contributed by atoms with Crippen molar-refractivity contribution in [3.8, 4) is 0 Å². The van der Waals surface area contributed by atoms with Gasteiger partial charge in [-0.15, -0.1) is 0 Å². The Balaban J connectivity index is 3.28. The lowest BCUT2D eigenvalue weighted by molar-refractivity contribution is 0.0412. The van der Waals surface area contributed by atoms with Crippen molar-refractivity contribution in [2.24, 2.45) is 0 Å². The van der Waals surface area contributed by atoms with Gasteiger partial charge in [-0.2, -0.15) is 0 Å². The summed E-state index contributed by atoms with van der Waals surface area (Å²) < 4.78 is 6.85. The molecule has 1 aromatic rings. The van der Waals surface area contributed by atoms with Crippen LogP contribution in [0.2, 0.25) is 0 Å². The first-order valence-corrected chi connectivity index (χ1v) is 8.61. The molecule has 0 aromatic carbocycles. The number of hydrogen-bond acceptors (Lipinski definition) is 3. The van der Waals surface area contributed by atoms with Crippen LogP contribution in [0.1, 0.15) is 59.3 Å². The molecule has 0 saturated heterocycles. The normalized spacial score (nSPS) is 13.9. The van der Waals surface area contributed by atoms with Crippen molar-refractivity contribution in [3.63, 3.8) is 0 Å². The molecule has 0 fully saturated rings. The van der Waals surface area contributed by atoms with Crippen molar-refractivity contribution in [1.82, 2.24) is 10.2 Å². The van der Waals surface area contributed by atoms with Gasteiger partial charge in [0, 0.05) is 5.54 Å². The van der Waals surface area contributed by atoms with E-state index in [4.69, 9.17) is 4.42 Å². The summed E-state index contributed by atoms with van der Waals surface area (Å²) in [7, 11) is 0. The lowest BCUT2D eigenvalue weighted by atomic mass is 9.81. The zero-order valence-corrected chi connectivity index (χ0v) is 15.1. The van der Waals surface area contributed by atoms with Gasteiger partial charge in [0.1, 0.15) is 5.76 Å². The number of furan rings is 1. The maximum Gasteiger partial charge on any atom is 0.136 e. The monoisotopic (exact) mass is 344 g/mol. The minimum Gasteiger partial charge on any atom is -0.466 e. The molecule has 20 heavy (non-hydrogen) atoms. The lowest BCUT2D eigenvalue weighted by Gasteiger charge is -2.47. The third-order valence-corrected chi connectivity index (χ3v) is 5.13. The number of rotatable bonds is 9. The Bertz CT molecular complexity index is 384. The standard InChI is InChI=1S/C16H29BrN2O/c1-6-16(7-2,19(9-4)10-5)15(18-8-3)14-13(17)11-12-20-14/h11-12,15,18H,6-10H2,1-5H3. The second kappa shape index (κ2) is 8.20. The molecule has 116 valence electrons. The van der Waals surface area contributed by atoms with E-state index in [0.29, 0.717) is 0 Å². The van der Waals surface area contributed by atoms with E-state index in [9.17, 15) is 0 Å². The maximum absolute atomic E-state index is 5.79. The van der Waals surface area contributed by atoms with Crippen molar-refractivity contribution in [3.05, 3.63) is 22.6 Å². The van der Waals surface area contributed by atoms with Gasteiger partial charge in [0.05, 0.1) is 16.8 Å². The second-order valence-corrected chi connectivity index (χ2v) is 5.96. The molecule has 0 radical (unpaired) electrons. The van der Waals surface area contributed by atoms with Gasteiger partial charge in [0.15, 0.2) is 0 Å². The summed E-state index contributed by atoms with van der Waals surface area (Å²) in [5.41, 5.74) is 0.0832. The zero-order chi connectivity index (χ0) is 15.2. The van der Waals surface area contributed by atoms with Gasteiger partial charge >= 0.3 is 0 Å². The Kier molecular flexibility index (Phi) is 7.27. The van der Waals surface area contributed by atoms with Gasteiger partial charge in [-0.05, 0) is 54.5 Å². The average Bonchev–Trinajstić information content (AvgIpc) is 2.89. The first-order valence-electron chi connectivity index (χ1n) is 7.82. The molecular formula is C16H29BrN2O. The molecule has 3 nitrogen and oxygen atoms in total. The lowest BCUT2D eigenvalue weighted by Crippen LogP contribution is -2.56. The summed E-state index contributed by atoms with van der Waals surface area (Å²) in [5, 5.41) is 3.65. The van der Waals surface area contributed by atoms with Crippen molar-refractivity contribution >= 4 is 15.9 Å². The highest BCUT2D eigenvalue weighted by Crippen LogP contribution is 2.40. The van der Waals surface area contributed by atoms with Gasteiger partial charge in [0.25, 0.3) is 0 Å². The van der Waals surface area contributed by atoms with Crippen molar-refractivity contribution in [1.29, 1.82) is 0 Å². The Morgan fingerprint density at radius 2 is 1.80 bits per heavy atom. The predicted molar refractivity (Wildman–Crippen MR) is 89.1 cm³/mol. The van der Waals surface area contributed by atoms with Crippen LogP contribution >= 0.6 is 15.9 Å². The highest BCUT2D eigenvalue weighted by Gasteiger charge is 2.42. The van der Waals surface area contributed by atoms with E-state index in [-0.39, 0.29) is 11.6 Å². The van der Waals surface area contributed by atoms with Crippen LogP contribution in [0.25, 0.3) is 0 Å². The summed E-state index contributed by atoms with van der Waals surface area (Å²) in [4.78, 5) is 2.56. The summed E-state index contributed by atoms with van der Waals surface area (Å²) >= 11 is 3.63. The molecule has 0 bridgehead atoms. The number of nitrogens with zero attached hydrogens (tertiary/aromatic N) is 1. The van der Waals surface area contributed by atoms with Gasteiger partial charge in [-0.3, -0.25) is 4.90 Å². The largest absolute Gasteiger partial charge is 0.466 e. The molecule has 1 unspecified atom stereocenters. The Morgan fingerprint density at radius 3 is 2.15 bits per heavy atom. The summed E-state index contributed by atoms with van der Waals surface area (Å²) in [6.45, 7) is 14.2. The molecule has 0 spiro atoms. The van der Waals surface area contributed by atoms with Gasteiger partial charge in [0.2, 0.25) is 0 Å². The van der Waals surface area contributed by atoms with Crippen LogP contribution < -0.4 is 5.32 Å². The van der Waals surface area contributed by atoms with E-state index in [1.165, 1.54) is 0 Å². The van der Waals surface area contributed by atoms with Crippen LogP contribution in [0.15, 0.2) is 21.2 Å². The van der Waals surface area contributed by atoms with Crippen molar-refractivity contribution < 1.29 is 4.42 Å². The smallest absolute Gasteiger partial charge is 0.136 e. The molecule has 1 atom stereocenters. The van der Waals surface area contributed by atoms with E-state index in [2.05, 4.69) is 60.8 Å². The Labute approximate surface area is 132 Å². The Morgan fingerprint density at radius 1 is 1.20 bits per heavy atom. The molecule has 0 amide bonds. The summed E-state index contributed by atoms with van der Waals surface area (Å²) in [6, 6.07) is 2.18. The van der Waals surface area contributed by atoms with Gasteiger partial charge in [-0.25, -0.2) is 0 Å². The van der Waals surface area contributed by atoms with E-state index in [1.54, 1.807) is 6.26 Å². The fourth-order valence-corrected chi connectivity index (χ4v) is 3.81.